The number of nitrogens with one attached hydrogen (secondary N) is 1. The van der Waals surface area contributed by atoms with Gasteiger partial charge in [0.25, 0.3) is 10.0 Å². The molecule has 0 fully saturated rings. The van der Waals surface area contributed by atoms with Crippen LogP contribution in [0.5, 0.6) is 5.88 Å². The molecule has 2 rings (SSSR count). The van der Waals surface area contributed by atoms with Gasteiger partial charge < -0.3 is 4.74 Å². The molecule has 0 aliphatic heterocycles. The smallest absolute Gasteiger partial charge is 0.401 e. The molecular weight excluding hydrogens is 373 g/mol. The van der Waals surface area contributed by atoms with E-state index >= 15 is 0 Å². The quantitative estimate of drug-likeness (QED) is 0.824. The molecule has 0 bridgehead atoms. The number of anilines is 1. The van der Waals surface area contributed by atoms with Crippen LogP contribution in [0.25, 0.3) is 0 Å². The molecule has 0 aliphatic carbocycles. The summed E-state index contributed by atoms with van der Waals surface area (Å²) in [6.45, 7) is 0. The van der Waals surface area contributed by atoms with Crippen molar-refractivity contribution in [2.75, 3.05) is 4.72 Å². The van der Waals surface area contributed by atoms with Gasteiger partial charge in [-0.25, -0.2) is 18.2 Å². The lowest BCUT2D eigenvalue weighted by Gasteiger charge is -2.10. The lowest BCUT2D eigenvalue weighted by atomic mass is 10.4. The zero-order valence-corrected chi connectivity index (χ0v) is 13.1. The van der Waals surface area contributed by atoms with Crippen LogP contribution in [-0.4, -0.2) is 25.5 Å². The molecule has 1 heterocycles. The van der Waals surface area contributed by atoms with E-state index in [0.717, 1.165) is 18.3 Å². The first-order valence-electron chi connectivity index (χ1n) is 6.12. The Bertz CT molecular complexity index is 854. The fourth-order valence-electron chi connectivity index (χ4n) is 1.53. The number of halogens is 4. The summed E-state index contributed by atoms with van der Waals surface area (Å²) in [7, 11) is -4.01. The van der Waals surface area contributed by atoms with E-state index in [1.54, 1.807) is 6.07 Å². The van der Waals surface area contributed by atoms with E-state index in [9.17, 15) is 26.4 Å². The van der Waals surface area contributed by atoms with E-state index in [-0.39, 0.29) is 15.6 Å². The number of hydrogen-bond acceptors (Lipinski definition) is 5. The summed E-state index contributed by atoms with van der Waals surface area (Å²) >= 11 is 5.80. The molecule has 1 aromatic heterocycles. The molecule has 11 heteroatoms. The van der Waals surface area contributed by atoms with E-state index < -0.39 is 28.0 Å². The first kappa shape index (κ1) is 18.0. The second-order valence-corrected chi connectivity index (χ2v) is 6.37. The minimum Gasteiger partial charge on any atom is -0.401 e. The molecular formula is C13H8ClF3N2O4S. The highest BCUT2D eigenvalue weighted by Gasteiger charge is 2.41. The molecule has 2 aromatic rings. The first-order chi connectivity index (χ1) is 11.1. The largest absolute Gasteiger partial charge is 0.491 e. The van der Waals surface area contributed by atoms with Crippen LogP contribution in [0.2, 0.25) is 5.02 Å². The van der Waals surface area contributed by atoms with Gasteiger partial charge in [0.15, 0.2) is 0 Å². The van der Waals surface area contributed by atoms with Gasteiger partial charge >= 0.3 is 12.1 Å². The Hall–Kier alpha value is -2.33. The Morgan fingerprint density at radius 3 is 2.38 bits per heavy atom. The minimum atomic E-state index is -5.16. The normalized spacial score (nSPS) is 11.8. The van der Waals surface area contributed by atoms with Gasteiger partial charge in [0, 0.05) is 6.07 Å². The number of carbonyl (C=O) groups is 1. The van der Waals surface area contributed by atoms with E-state index in [1.807, 2.05) is 0 Å². The molecule has 0 amide bonds. The second kappa shape index (κ2) is 6.65. The highest BCUT2D eigenvalue weighted by molar-refractivity contribution is 7.92. The van der Waals surface area contributed by atoms with Crippen LogP contribution in [0.15, 0.2) is 47.5 Å². The fourth-order valence-corrected chi connectivity index (χ4v) is 3.09. The van der Waals surface area contributed by atoms with E-state index in [4.69, 9.17) is 11.6 Å². The van der Waals surface area contributed by atoms with E-state index in [2.05, 4.69) is 14.4 Å². The molecule has 0 spiro atoms. The van der Waals surface area contributed by atoms with E-state index in [1.165, 1.54) is 18.2 Å². The van der Waals surface area contributed by atoms with Crippen molar-refractivity contribution in [3.63, 3.8) is 0 Å². The van der Waals surface area contributed by atoms with Crippen LogP contribution in [0.4, 0.5) is 18.9 Å². The Kier molecular flexibility index (Phi) is 4.99. The lowest BCUT2D eigenvalue weighted by Crippen LogP contribution is -2.28. The molecule has 0 atom stereocenters. The predicted octanol–water partition coefficient (Wildman–Crippen LogP) is 3.00. The summed E-state index contributed by atoms with van der Waals surface area (Å²) in [5, 5.41) is -0.00585. The third-order valence-corrected chi connectivity index (χ3v) is 4.42. The van der Waals surface area contributed by atoms with Gasteiger partial charge in [-0.15, -0.1) is 0 Å². The van der Waals surface area contributed by atoms with Crippen molar-refractivity contribution in [1.82, 2.24) is 4.98 Å². The van der Waals surface area contributed by atoms with Crippen LogP contribution < -0.4 is 9.46 Å². The molecule has 0 unspecified atom stereocenters. The third-order valence-electron chi connectivity index (χ3n) is 2.54. The predicted molar refractivity (Wildman–Crippen MR) is 78.2 cm³/mol. The van der Waals surface area contributed by atoms with Crippen molar-refractivity contribution in [2.24, 2.45) is 0 Å². The summed E-state index contributed by atoms with van der Waals surface area (Å²) in [6, 6.07) is 7.67. The monoisotopic (exact) mass is 380 g/mol. The Labute approximate surface area is 139 Å². The second-order valence-electron chi connectivity index (χ2n) is 4.31. The van der Waals surface area contributed by atoms with Crippen molar-refractivity contribution < 1.29 is 31.1 Å². The lowest BCUT2D eigenvalue weighted by molar-refractivity contribution is -0.190. The van der Waals surface area contributed by atoms with Gasteiger partial charge in [-0.3, -0.25) is 4.72 Å². The number of hydrogen-bond donors (Lipinski definition) is 1. The Morgan fingerprint density at radius 1 is 1.17 bits per heavy atom. The van der Waals surface area contributed by atoms with Crippen LogP contribution in [0.3, 0.4) is 0 Å². The molecule has 1 N–H and O–H groups in total. The molecule has 0 saturated carbocycles. The topological polar surface area (TPSA) is 85.4 Å². The van der Waals surface area contributed by atoms with Crippen LogP contribution >= 0.6 is 11.6 Å². The van der Waals surface area contributed by atoms with Gasteiger partial charge in [0.1, 0.15) is 4.90 Å². The van der Waals surface area contributed by atoms with Crippen LogP contribution in [0, 0.1) is 0 Å². The summed E-state index contributed by atoms with van der Waals surface area (Å²) < 4.78 is 66.6. The molecule has 0 saturated heterocycles. The maximum atomic E-state index is 12.2. The number of alkyl halides is 3. The molecule has 24 heavy (non-hydrogen) atoms. The maximum Gasteiger partial charge on any atom is 0.491 e. The van der Waals surface area contributed by atoms with Crippen molar-refractivity contribution in [3.8, 4) is 5.88 Å². The zero-order chi connectivity index (χ0) is 18.0. The molecule has 6 nitrogen and oxygen atoms in total. The van der Waals surface area contributed by atoms with Crippen molar-refractivity contribution in [3.05, 3.63) is 47.6 Å². The average molecular weight is 381 g/mol. The van der Waals surface area contributed by atoms with Crippen LogP contribution in [0.1, 0.15) is 0 Å². The Balaban J connectivity index is 2.15. The number of benzene rings is 1. The highest BCUT2D eigenvalue weighted by atomic mass is 35.5. The summed E-state index contributed by atoms with van der Waals surface area (Å²) in [5.41, 5.74) is -0.0540. The molecule has 128 valence electrons. The number of ether oxygens (including phenoxy) is 1. The SMILES string of the molecule is O=C(Oc1ccc(NS(=O)(=O)c2ccccc2Cl)cn1)C(F)(F)F. The maximum absolute atomic E-state index is 12.2. The average Bonchev–Trinajstić information content (AvgIpc) is 2.48. The van der Waals surface area contributed by atoms with Crippen molar-refractivity contribution in [1.29, 1.82) is 0 Å². The van der Waals surface area contributed by atoms with Gasteiger partial charge in [0.2, 0.25) is 5.88 Å². The van der Waals surface area contributed by atoms with Crippen molar-refractivity contribution >= 4 is 33.3 Å². The van der Waals surface area contributed by atoms with Gasteiger partial charge in [-0.2, -0.15) is 13.2 Å². The number of carbonyl (C=O) groups excluding carboxylic acids is 1. The fraction of sp³-hybridized carbons (Fsp3) is 0.0769. The Morgan fingerprint density at radius 2 is 1.83 bits per heavy atom. The number of nitrogens with zero attached hydrogens (tertiary/aromatic N) is 1. The highest BCUT2D eigenvalue weighted by Crippen LogP contribution is 2.24. The zero-order valence-electron chi connectivity index (χ0n) is 11.5. The minimum absolute atomic E-state index is 0.00585. The van der Waals surface area contributed by atoms with Gasteiger partial charge in [0.05, 0.1) is 16.9 Å². The van der Waals surface area contributed by atoms with Crippen molar-refractivity contribution in [2.45, 2.75) is 11.1 Å². The van der Waals surface area contributed by atoms with Gasteiger partial charge in [-0.05, 0) is 18.2 Å². The van der Waals surface area contributed by atoms with Crippen LogP contribution in [-0.2, 0) is 14.8 Å². The number of esters is 1. The first-order valence-corrected chi connectivity index (χ1v) is 7.98. The summed E-state index contributed by atoms with van der Waals surface area (Å²) in [6.07, 6.45) is -4.26. The third kappa shape index (κ3) is 4.36. The molecule has 0 radical (unpaired) electrons. The standard InChI is InChI=1S/C13H8ClF3N2O4S/c14-9-3-1-2-4-10(9)24(21,22)19-8-5-6-11(18-7-8)23-12(20)13(15,16)17/h1-7,19H. The number of rotatable bonds is 4. The number of sulfonamides is 1. The summed E-state index contributed by atoms with van der Waals surface area (Å²) in [4.78, 5) is 13.9. The number of pyridine rings is 1. The molecule has 0 aliphatic rings. The van der Waals surface area contributed by atoms with E-state index in [0.29, 0.717) is 0 Å². The number of aromatic nitrogens is 1. The van der Waals surface area contributed by atoms with Gasteiger partial charge in [-0.1, -0.05) is 23.7 Å². The summed E-state index contributed by atoms with van der Waals surface area (Å²) in [5.74, 6) is -3.06. The molecule has 1 aromatic carbocycles.